The molecule has 1 N–H and O–H groups in total. The molecule has 7 nitrogen and oxygen atoms in total. The van der Waals surface area contributed by atoms with Crippen molar-refractivity contribution in [3.63, 3.8) is 0 Å². The summed E-state index contributed by atoms with van der Waals surface area (Å²) in [5.41, 5.74) is 3.76. The van der Waals surface area contributed by atoms with Crippen molar-refractivity contribution >= 4 is 42.0 Å². The van der Waals surface area contributed by atoms with Crippen LogP contribution in [0.3, 0.4) is 0 Å². The SMILES string of the molecule is CO[C@@H](/C=C/C(C)=C/[C@H](O[Si](C(C)C)(C(C)C)C(C)C)[C@H]1C[C@@H](CO)C[C@](Cc2n[c]([Sn]([CH3])([CH3])[CH3])co2)(OC)O1)C/C=C/Cl. The van der Waals surface area contributed by atoms with Gasteiger partial charge in [-0.2, -0.15) is 0 Å². The van der Waals surface area contributed by atoms with Crippen molar-refractivity contribution in [1.29, 1.82) is 0 Å². The molecule has 0 unspecified atom stereocenters. The third-order valence-corrected chi connectivity index (χ3v) is 20.4. The van der Waals surface area contributed by atoms with Crippen molar-refractivity contribution in [1.82, 2.24) is 4.98 Å². The van der Waals surface area contributed by atoms with Crippen LogP contribution in [-0.2, 0) is 25.1 Å². The fourth-order valence-corrected chi connectivity index (χ4v) is 14.8. The van der Waals surface area contributed by atoms with Crippen LogP contribution >= 0.6 is 11.6 Å². The van der Waals surface area contributed by atoms with E-state index in [9.17, 15) is 5.11 Å². The monoisotopic (exact) mass is 761 g/mol. The van der Waals surface area contributed by atoms with E-state index in [1.54, 1.807) is 14.2 Å². The molecule has 0 aliphatic carbocycles. The summed E-state index contributed by atoms with van der Waals surface area (Å²) in [6, 6.07) is 0. The molecule has 44 heavy (non-hydrogen) atoms. The molecule has 0 radical (unpaired) electrons. The molecule has 0 spiro atoms. The number of hydrogen-bond acceptors (Lipinski definition) is 7. The molecule has 0 bridgehead atoms. The minimum atomic E-state index is -2.42. The summed E-state index contributed by atoms with van der Waals surface area (Å²) in [5, 5.41) is 10.5. The molecule has 1 saturated heterocycles. The summed E-state index contributed by atoms with van der Waals surface area (Å²) in [4.78, 5) is 11.8. The number of aliphatic hydroxyl groups excluding tert-OH is 1. The number of methoxy groups -OCH3 is 2. The first-order valence-electron chi connectivity index (χ1n) is 16.2. The first kappa shape index (κ1) is 39.7. The fraction of sp³-hybridized carbons (Fsp3) is 0.735. The van der Waals surface area contributed by atoms with Crippen LogP contribution in [-0.4, -0.2) is 81.7 Å². The zero-order chi connectivity index (χ0) is 33.3. The van der Waals surface area contributed by atoms with E-state index in [2.05, 4.69) is 81.5 Å². The molecule has 2 heterocycles. The van der Waals surface area contributed by atoms with Crippen molar-refractivity contribution < 1.29 is 28.2 Å². The molecule has 5 atom stereocenters. The van der Waals surface area contributed by atoms with Crippen LogP contribution in [0.5, 0.6) is 0 Å². The van der Waals surface area contributed by atoms with E-state index in [0.29, 0.717) is 48.2 Å². The summed E-state index contributed by atoms with van der Waals surface area (Å²) < 4.78 is 33.3. The Morgan fingerprint density at radius 1 is 1.16 bits per heavy atom. The number of aromatic nitrogens is 1. The van der Waals surface area contributed by atoms with Crippen molar-refractivity contribution in [2.75, 3.05) is 20.8 Å². The number of hydrogen-bond donors (Lipinski definition) is 1. The van der Waals surface area contributed by atoms with Gasteiger partial charge in [-0.15, -0.1) is 0 Å². The molecule has 0 aromatic carbocycles. The van der Waals surface area contributed by atoms with Gasteiger partial charge in [0.05, 0.1) is 6.10 Å². The topological polar surface area (TPSA) is 83.2 Å². The number of nitrogens with zero attached hydrogens (tertiary/aromatic N) is 1. The molecule has 0 amide bonds. The van der Waals surface area contributed by atoms with E-state index in [4.69, 9.17) is 39.6 Å². The van der Waals surface area contributed by atoms with Gasteiger partial charge in [-0.3, -0.25) is 0 Å². The molecule has 1 aliphatic rings. The van der Waals surface area contributed by atoms with E-state index in [0.717, 1.165) is 9.28 Å². The predicted molar refractivity (Wildman–Crippen MR) is 187 cm³/mol. The van der Waals surface area contributed by atoms with Gasteiger partial charge in [-0.1, -0.05) is 17.7 Å². The average molecular weight is 761 g/mol. The van der Waals surface area contributed by atoms with Gasteiger partial charge >= 0.3 is 232 Å². The molecule has 10 heteroatoms. The quantitative estimate of drug-likeness (QED) is 0.127. The van der Waals surface area contributed by atoms with E-state index < -0.39 is 32.5 Å². The second kappa shape index (κ2) is 17.6. The Hall–Kier alpha value is -0.464. The summed E-state index contributed by atoms with van der Waals surface area (Å²) in [5.74, 6) is -0.392. The average Bonchev–Trinajstić information content (AvgIpc) is 3.43. The van der Waals surface area contributed by atoms with Crippen molar-refractivity contribution in [2.45, 2.75) is 130 Å². The summed E-state index contributed by atoms with van der Waals surface area (Å²) in [6.07, 6.45) is 11.5. The molecular formula is C34H60ClNO6SiSn. The van der Waals surface area contributed by atoms with Gasteiger partial charge in [-0.25, -0.2) is 0 Å². The number of aliphatic hydroxyl groups is 1. The Labute approximate surface area is 277 Å². The third kappa shape index (κ3) is 10.5. The zero-order valence-corrected chi connectivity index (χ0v) is 34.0. The Bertz CT molecular complexity index is 1080. The van der Waals surface area contributed by atoms with Crippen LogP contribution in [0.4, 0.5) is 0 Å². The van der Waals surface area contributed by atoms with Crippen LogP contribution in [0.1, 0.15) is 73.6 Å². The van der Waals surface area contributed by atoms with Gasteiger partial charge in [-0.05, 0) is 6.42 Å². The molecule has 1 aliphatic heterocycles. The van der Waals surface area contributed by atoms with Gasteiger partial charge in [0.2, 0.25) is 0 Å². The predicted octanol–water partition coefficient (Wildman–Crippen LogP) is 8.11. The summed E-state index contributed by atoms with van der Waals surface area (Å²) in [6.45, 7) is 15.9. The van der Waals surface area contributed by atoms with Crippen molar-refractivity contribution in [3.05, 3.63) is 47.6 Å². The molecule has 2 rings (SSSR count). The molecule has 1 aromatic rings. The van der Waals surface area contributed by atoms with E-state index in [1.165, 1.54) is 5.54 Å². The van der Waals surface area contributed by atoms with Gasteiger partial charge < -0.3 is 4.74 Å². The van der Waals surface area contributed by atoms with Crippen LogP contribution < -0.4 is 3.71 Å². The van der Waals surface area contributed by atoms with Crippen molar-refractivity contribution in [3.8, 4) is 0 Å². The molecule has 1 fully saturated rings. The third-order valence-electron chi connectivity index (χ3n) is 9.08. The normalized spacial score (nSPS) is 24.0. The zero-order valence-electron chi connectivity index (χ0n) is 29.4. The van der Waals surface area contributed by atoms with E-state index in [1.807, 2.05) is 12.3 Å². The second-order valence-corrected chi connectivity index (χ2v) is 34.3. The molecular weight excluding hydrogens is 701 g/mol. The first-order chi connectivity index (χ1) is 20.6. The maximum absolute atomic E-state index is 10.5. The van der Waals surface area contributed by atoms with Crippen LogP contribution in [0.2, 0.25) is 31.4 Å². The smallest absolute Gasteiger partial charge is 0.000354 e. The van der Waals surface area contributed by atoms with Crippen LogP contribution in [0.25, 0.3) is 0 Å². The van der Waals surface area contributed by atoms with Crippen LogP contribution in [0, 0.1) is 5.92 Å². The largest absolute Gasteiger partial charge is 0.0933 e. The molecule has 1 aromatic heterocycles. The maximum atomic E-state index is 10.5. The number of oxazole rings is 1. The molecule has 0 saturated carbocycles. The number of ether oxygens (including phenoxy) is 3. The van der Waals surface area contributed by atoms with Gasteiger partial charge in [0.1, 0.15) is 0 Å². The Balaban J connectivity index is 2.58. The van der Waals surface area contributed by atoms with Gasteiger partial charge in [0.15, 0.2) is 0 Å². The standard InChI is InChI=1S/C31H51ClNO6Si.3CH3.Sn/c1-22(2)40(23(3)4,24(5)6)39-29(17-25(7)12-13-27(35-8)11-10-14-32)28-18-26(21-34)19-31(36-9,38-28)20-30-33-15-16-37-30;;;;/h10,12-14,16-17,22-24,26-29,34H,11,18-21H2,1-9H3;3*1H3;/b13-12+,14-10+,25-17+;;;;/t26-,27-,28-,29+,31+;;;;/m1..../s1. The minimum Gasteiger partial charge on any atom is -0.0933 e. The number of rotatable bonds is 17. The summed E-state index contributed by atoms with van der Waals surface area (Å²) >= 11 is 3.34. The first-order valence-corrected chi connectivity index (χ1v) is 28.7. The van der Waals surface area contributed by atoms with Gasteiger partial charge in [0.25, 0.3) is 0 Å². The summed E-state index contributed by atoms with van der Waals surface area (Å²) in [7, 11) is 1.06. The van der Waals surface area contributed by atoms with E-state index >= 15 is 0 Å². The minimum absolute atomic E-state index is 0.0197. The fourth-order valence-electron chi connectivity index (χ4n) is 6.72. The van der Waals surface area contributed by atoms with E-state index in [-0.39, 0.29) is 30.8 Å². The second-order valence-electron chi connectivity index (χ2n) is 14.4. The van der Waals surface area contributed by atoms with Gasteiger partial charge in [0, 0.05) is 12.6 Å². The number of halogens is 1. The number of allylic oxidation sites excluding steroid dienone is 2. The van der Waals surface area contributed by atoms with Crippen LogP contribution in [0.15, 0.2) is 46.1 Å². The Morgan fingerprint density at radius 3 is 2.27 bits per heavy atom. The molecule has 252 valence electrons. The Morgan fingerprint density at radius 2 is 1.80 bits per heavy atom. The van der Waals surface area contributed by atoms with Crippen molar-refractivity contribution in [2.24, 2.45) is 5.92 Å². The maximum Gasteiger partial charge on any atom is 0.000354 e. The Kier molecular flexibility index (Phi) is 15.9.